The van der Waals surface area contributed by atoms with E-state index in [1.54, 1.807) is 18.4 Å². The normalized spacial score (nSPS) is 11.0. The van der Waals surface area contributed by atoms with E-state index in [9.17, 15) is 9.59 Å². The van der Waals surface area contributed by atoms with Crippen LogP contribution in [0.2, 0.25) is 0 Å². The molecule has 0 fully saturated rings. The highest BCUT2D eigenvalue weighted by Crippen LogP contribution is 2.20. The van der Waals surface area contributed by atoms with E-state index in [0.717, 1.165) is 4.88 Å². The van der Waals surface area contributed by atoms with Crippen LogP contribution in [0.4, 0.5) is 0 Å². The Morgan fingerprint density at radius 2 is 2.24 bits per heavy atom. The number of carbonyl (C=O) groups is 1. The molecule has 0 bridgehead atoms. The van der Waals surface area contributed by atoms with Crippen molar-refractivity contribution in [2.75, 3.05) is 6.54 Å². The first-order chi connectivity index (χ1) is 9.99. The molecule has 2 aromatic heterocycles. The molecule has 0 spiro atoms. The molecule has 0 aromatic carbocycles. The second-order valence-electron chi connectivity index (χ2n) is 5.31. The Morgan fingerprint density at radius 1 is 1.48 bits per heavy atom. The van der Waals surface area contributed by atoms with Crippen molar-refractivity contribution >= 4 is 17.2 Å². The van der Waals surface area contributed by atoms with E-state index in [-0.39, 0.29) is 11.6 Å². The Bertz CT molecular complexity index is 655. The van der Waals surface area contributed by atoms with Crippen molar-refractivity contribution in [2.45, 2.75) is 26.8 Å². The summed E-state index contributed by atoms with van der Waals surface area (Å²) in [6.45, 7) is 4.78. The first-order valence-electron chi connectivity index (χ1n) is 6.93. The molecule has 0 unspecified atom stereocenters. The molecule has 1 amide bonds. The van der Waals surface area contributed by atoms with Gasteiger partial charge in [-0.2, -0.15) is 0 Å². The number of aromatic nitrogens is 3. The van der Waals surface area contributed by atoms with Gasteiger partial charge in [0.1, 0.15) is 0 Å². The number of hydrogen-bond acceptors (Lipinski definition) is 4. The molecule has 0 aliphatic rings. The van der Waals surface area contributed by atoms with Crippen molar-refractivity contribution in [1.29, 1.82) is 0 Å². The summed E-state index contributed by atoms with van der Waals surface area (Å²) in [6, 6.07) is 3.86. The summed E-state index contributed by atoms with van der Waals surface area (Å²) in [5.41, 5.74) is -0.170. The minimum atomic E-state index is -0.170. The van der Waals surface area contributed by atoms with E-state index in [4.69, 9.17) is 0 Å². The van der Waals surface area contributed by atoms with Crippen LogP contribution in [0, 0.1) is 5.92 Å². The molecule has 2 heterocycles. The molecule has 0 radical (unpaired) electrons. The lowest BCUT2D eigenvalue weighted by molar-refractivity contribution is -0.121. The average Bonchev–Trinajstić information content (AvgIpc) is 3.01. The lowest BCUT2D eigenvalue weighted by Crippen LogP contribution is -2.32. The summed E-state index contributed by atoms with van der Waals surface area (Å²) >= 11 is 1.54. The minimum Gasteiger partial charge on any atom is -0.354 e. The van der Waals surface area contributed by atoms with Gasteiger partial charge in [-0.1, -0.05) is 19.9 Å². The number of amides is 1. The largest absolute Gasteiger partial charge is 0.354 e. The smallest absolute Gasteiger partial charge is 0.346 e. The van der Waals surface area contributed by atoms with Gasteiger partial charge in [0.25, 0.3) is 0 Å². The lowest BCUT2D eigenvalue weighted by Gasteiger charge is -2.06. The monoisotopic (exact) mass is 308 g/mol. The van der Waals surface area contributed by atoms with E-state index in [0.29, 0.717) is 31.3 Å². The fraction of sp³-hybridized carbons (Fsp3) is 0.500. The molecule has 7 heteroatoms. The van der Waals surface area contributed by atoms with E-state index in [1.807, 2.05) is 31.4 Å². The van der Waals surface area contributed by atoms with E-state index in [2.05, 4.69) is 10.4 Å². The van der Waals surface area contributed by atoms with E-state index in [1.165, 1.54) is 9.25 Å². The van der Waals surface area contributed by atoms with E-state index < -0.39 is 0 Å². The molecule has 0 aliphatic carbocycles. The van der Waals surface area contributed by atoms with Gasteiger partial charge in [0.15, 0.2) is 5.82 Å². The van der Waals surface area contributed by atoms with Crippen molar-refractivity contribution in [3.63, 3.8) is 0 Å². The molecular formula is C14H20N4O2S. The molecular weight excluding hydrogens is 288 g/mol. The highest BCUT2D eigenvalue weighted by atomic mass is 32.1. The third-order valence-electron chi connectivity index (χ3n) is 3.02. The minimum absolute atomic E-state index is 0.00691. The summed E-state index contributed by atoms with van der Waals surface area (Å²) in [5.74, 6) is 0.990. The van der Waals surface area contributed by atoms with Crippen LogP contribution in [0.3, 0.4) is 0 Å². The zero-order chi connectivity index (χ0) is 15.4. The Hall–Kier alpha value is -1.89. The van der Waals surface area contributed by atoms with Crippen molar-refractivity contribution in [3.8, 4) is 10.7 Å². The Morgan fingerprint density at radius 3 is 2.86 bits per heavy atom. The first kappa shape index (κ1) is 15.5. The molecule has 0 saturated carbocycles. The van der Waals surface area contributed by atoms with Crippen LogP contribution in [0.1, 0.15) is 20.3 Å². The molecule has 2 rings (SSSR count). The summed E-state index contributed by atoms with van der Waals surface area (Å²) in [6.07, 6.45) is 0.498. The highest BCUT2D eigenvalue weighted by molar-refractivity contribution is 7.13. The number of rotatable bonds is 6. The third-order valence-corrected chi connectivity index (χ3v) is 3.89. The van der Waals surface area contributed by atoms with Gasteiger partial charge in [-0.05, 0) is 17.4 Å². The molecule has 21 heavy (non-hydrogen) atoms. The molecule has 2 aromatic rings. The molecule has 114 valence electrons. The number of nitrogens with one attached hydrogen (secondary N) is 1. The van der Waals surface area contributed by atoms with Crippen LogP contribution in [0.15, 0.2) is 22.3 Å². The van der Waals surface area contributed by atoms with Gasteiger partial charge in [0.2, 0.25) is 5.91 Å². The first-order valence-corrected chi connectivity index (χ1v) is 7.81. The zero-order valence-corrected chi connectivity index (χ0v) is 13.3. The van der Waals surface area contributed by atoms with Gasteiger partial charge < -0.3 is 5.32 Å². The molecule has 0 aliphatic heterocycles. The summed E-state index contributed by atoms with van der Waals surface area (Å²) < 4.78 is 2.92. The maximum Gasteiger partial charge on any atom is 0.346 e. The van der Waals surface area contributed by atoms with Crippen LogP contribution < -0.4 is 11.0 Å². The van der Waals surface area contributed by atoms with Gasteiger partial charge in [-0.3, -0.25) is 9.36 Å². The summed E-state index contributed by atoms with van der Waals surface area (Å²) in [5, 5.41) is 9.09. The highest BCUT2D eigenvalue weighted by Gasteiger charge is 2.13. The Labute approximate surface area is 127 Å². The quantitative estimate of drug-likeness (QED) is 0.878. The number of nitrogens with zero attached hydrogens (tertiary/aromatic N) is 3. The van der Waals surface area contributed by atoms with Gasteiger partial charge in [-0.25, -0.2) is 9.48 Å². The number of hydrogen-bond donors (Lipinski definition) is 1. The van der Waals surface area contributed by atoms with Gasteiger partial charge in [0, 0.05) is 20.0 Å². The Balaban J connectivity index is 2.00. The maximum atomic E-state index is 12.1. The van der Waals surface area contributed by atoms with Gasteiger partial charge in [-0.15, -0.1) is 16.4 Å². The number of thiophene rings is 1. The standard InChI is InChI=1S/C14H20N4O2S/c1-10(2)9-12(19)15-6-7-18-14(20)17(3)13(16-18)11-5-4-8-21-11/h4-5,8,10H,6-7,9H2,1-3H3,(H,15,19). The predicted molar refractivity (Wildman–Crippen MR) is 83.2 cm³/mol. The van der Waals surface area contributed by atoms with Crippen molar-refractivity contribution in [3.05, 3.63) is 28.0 Å². The van der Waals surface area contributed by atoms with Crippen molar-refractivity contribution in [1.82, 2.24) is 19.7 Å². The van der Waals surface area contributed by atoms with Crippen LogP contribution in [0.5, 0.6) is 0 Å². The Kier molecular flexibility index (Phi) is 4.95. The van der Waals surface area contributed by atoms with Crippen molar-refractivity contribution in [2.24, 2.45) is 13.0 Å². The molecule has 1 N–H and O–H groups in total. The third kappa shape index (κ3) is 3.81. The fourth-order valence-corrected chi connectivity index (χ4v) is 2.74. The van der Waals surface area contributed by atoms with Gasteiger partial charge >= 0.3 is 5.69 Å². The van der Waals surface area contributed by atoms with E-state index >= 15 is 0 Å². The zero-order valence-electron chi connectivity index (χ0n) is 12.5. The summed E-state index contributed by atoms with van der Waals surface area (Å²) in [4.78, 5) is 24.6. The molecule has 0 saturated heterocycles. The van der Waals surface area contributed by atoms with Crippen LogP contribution in [0.25, 0.3) is 10.7 Å². The van der Waals surface area contributed by atoms with Crippen LogP contribution in [-0.4, -0.2) is 26.8 Å². The average molecular weight is 308 g/mol. The summed E-state index contributed by atoms with van der Waals surface area (Å²) in [7, 11) is 1.71. The SMILES string of the molecule is CC(C)CC(=O)NCCn1nc(-c2cccs2)n(C)c1=O. The van der Waals surface area contributed by atoms with Gasteiger partial charge in [0.05, 0.1) is 11.4 Å². The van der Waals surface area contributed by atoms with Crippen LogP contribution >= 0.6 is 11.3 Å². The second-order valence-corrected chi connectivity index (χ2v) is 6.26. The predicted octanol–water partition coefficient (Wildman–Crippen LogP) is 1.47. The van der Waals surface area contributed by atoms with Crippen LogP contribution in [-0.2, 0) is 18.4 Å². The molecule has 0 atom stereocenters. The lowest BCUT2D eigenvalue weighted by atomic mass is 10.1. The number of carbonyl (C=O) groups excluding carboxylic acids is 1. The van der Waals surface area contributed by atoms with Crippen molar-refractivity contribution < 1.29 is 4.79 Å². The molecule has 6 nitrogen and oxygen atoms in total. The second kappa shape index (κ2) is 6.71. The fourth-order valence-electron chi connectivity index (χ4n) is 2.00. The maximum absolute atomic E-state index is 12.1. The topological polar surface area (TPSA) is 68.9 Å².